The van der Waals surface area contributed by atoms with Crippen molar-refractivity contribution < 1.29 is 18.7 Å². The van der Waals surface area contributed by atoms with Gasteiger partial charge in [-0.3, -0.25) is 4.21 Å². The Balaban J connectivity index is 2.77. The molecular formula is C5H4NO4S2-. The third-order valence-electron chi connectivity index (χ3n) is 1.00. The maximum atomic E-state index is 10.3. The van der Waals surface area contributed by atoms with Crippen LogP contribution >= 0.6 is 11.3 Å². The molecule has 0 amide bonds. The average molecular weight is 206 g/mol. The summed E-state index contributed by atoms with van der Waals surface area (Å²) in [6.07, 6.45) is 0. The first kappa shape index (κ1) is 9.17. The SMILES string of the molecule is O=C(O)c1ccc(NS(=O)[O-])s1. The van der Waals surface area contributed by atoms with Crippen LogP contribution in [-0.4, -0.2) is 19.8 Å². The summed E-state index contributed by atoms with van der Waals surface area (Å²) in [5.41, 5.74) is 0. The minimum absolute atomic E-state index is 0.1000. The molecule has 0 aliphatic rings. The molecule has 0 aliphatic heterocycles. The number of hydrogen-bond acceptors (Lipinski definition) is 4. The number of rotatable bonds is 3. The van der Waals surface area contributed by atoms with Gasteiger partial charge in [0, 0.05) is 11.3 Å². The molecule has 66 valence electrons. The van der Waals surface area contributed by atoms with Gasteiger partial charge in [-0.15, -0.1) is 11.3 Å². The Morgan fingerprint density at radius 1 is 1.67 bits per heavy atom. The van der Waals surface area contributed by atoms with Crippen molar-refractivity contribution in [2.45, 2.75) is 0 Å². The number of carboxylic acid groups (broad SMARTS) is 1. The average Bonchev–Trinajstić information content (AvgIpc) is 2.34. The van der Waals surface area contributed by atoms with Crippen molar-refractivity contribution in [2.75, 3.05) is 4.72 Å². The summed E-state index contributed by atoms with van der Waals surface area (Å²) in [6, 6.07) is 2.73. The Kier molecular flexibility index (Phi) is 2.79. The van der Waals surface area contributed by atoms with Crippen LogP contribution in [0.5, 0.6) is 0 Å². The Bertz CT molecular complexity index is 321. The van der Waals surface area contributed by atoms with Gasteiger partial charge < -0.3 is 14.4 Å². The van der Waals surface area contributed by atoms with Crippen LogP contribution in [0.4, 0.5) is 5.00 Å². The van der Waals surface area contributed by atoms with Crippen LogP contribution in [0, 0.1) is 0 Å². The lowest BCUT2D eigenvalue weighted by molar-refractivity contribution is 0.0702. The Morgan fingerprint density at radius 2 is 2.33 bits per heavy atom. The van der Waals surface area contributed by atoms with Crippen molar-refractivity contribution in [2.24, 2.45) is 0 Å². The maximum Gasteiger partial charge on any atom is 0.345 e. The van der Waals surface area contributed by atoms with E-state index in [9.17, 15) is 13.6 Å². The molecule has 0 bridgehead atoms. The van der Waals surface area contributed by atoms with Gasteiger partial charge in [-0.25, -0.2) is 4.79 Å². The molecule has 1 aromatic rings. The van der Waals surface area contributed by atoms with Crippen LogP contribution in [0.15, 0.2) is 12.1 Å². The molecule has 7 heteroatoms. The van der Waals surface area contributed by atoms with Gasteiger partial charge in [0.15, 0.2) is 0 Å². The predicted molar refractivity (Wildman–Crippen MR) is 43.8 cm³/mol. The second kappa shape index (κ2) is 3.65. The van der Waals surface area contributed by atoms with Gasteiger partial charge >= 0.3 is 5.97 Å². The molecule has 2 N–H and O–H groups in total. The molecule has 1 aromatic heterocycles. The van der Waals surface area contributed by atoms with Gasteiger partial charge in [-0.2, -0.15) is 0 Å². The van der Waals surface area contributed by atoms with Gasteiger partial charge in [0.1, 0.15) is 9.88 Å². The van der Waals surface area contributed by atoms with Crippen LogP contribution in [0.3, 0.4) is 0 Å². The first-order valence-corrected chi connectivity index (χ1v) is 4.68. The lowest BCUT2D eigenvalue weighted by Crippen LogP contribution is -1.99. The fraction of sp³-hybridized carbons (Fsp3) is 0. The highest BCUT2D eigenvalue weighted by Gasteiger charge is 2.05. The molecule has 0 radical (unpaired) electrons. The molecule has 0 aliphatic carbocycles. The standard InChI is InChI=1S/C5H5NO4S2/c7-5(8)3-1-2-4(11-3)6-12(9)10/h1-2,6H,(H,7,8)(H,9,10)/p-1. The van der Waals surface area contributed by atoms with Gasteiger partial charge in [0.25, 0.3) is 0 Å². The molecule has 1 atom stereocenters. The molecule has 1 unspecified atom stereocenters. The van der Waals surface area contributed by atoms with E-state index < -0.39 is 17.2 Å². The van der Waals surface area contributed by atoms with Gasteiger partial charge in [0.05, 0.1) is 0 Å². The lowest BCUT2D eigenvalue weighted by Gasteiger charge is -2.03. The first-order valence-electron chi connectivity index (χ1n) is 2.78. The fourth-order valence-corrected chi connectivity index (χ4v) is 1.79. The summed E-state index contributed by atoms with van der Waals surface area (Å²) in [5, 5.41) is 8.75. The van der Waals surface area contributed by atoms with Crippen LogP contribution < -0.4 is 4.72 Å². The summed E-state index contributed by atoms with van der Waals surface area (Å²) in [6.45, 7) is 0. The van der Waals surface area contributed by atoms with Gasteiger partial charge in [-0.05, 0) is 12.1 Å². The summed E-state index contributed by atoms with van der Waals surface area (Å²) in [5.74, 6) is -1.07. The van der Waals surface area contributed by atoms with E-state index in [4.69, 9.17) is 5.11 Å². The van der Waals surface area contributed by atoms with Crippen molar-refractivity contribution in [3.8, 4) is 0 Å². The number of hydrogen-bond donors (Lipinski definition) is 2. The Labute approximate surface area is 74.5 Å². The predicted octanol–water partition coefficient (Wildman–Crippen LogP) is 0.652. The molecule has 0 aromatic carbocycles. The molecule has 12 heavy (non-hydrogen) atoms. The number of nitrogens with one attached hydrogen (secondary N) is 1. The van der Waals surface area contributed by atoms with E-state index >= 15 is 0 Å². The third kappa shape index (κ3) is 2.29. The Hall–Kier alpha value is -0.920. The summed E-state index contributed by atoms with van der Waals surface area (Å²) in [4.78, 5) is 10.4. The largest absolute Gasteiger partial charge is 0.755 e. The highest BCUT2D eigenvalue weighted by molar-refractivity contribution is 7.80. The number of carbonyl (C=O) groups is 1. The van der Waals surface area contributed by atoms with Crippen LogP contribution in [0.25, 0.3) is 0 Å². The highest BCUT2D eigenvalue weighted by atomic mass is 32.2. The van der Waals surface area contributed by atoms with E-state index in [0.29, 0.717) is 5.00 Å². The quantitative estimate of drug-likeness (QED) is 0.710. The summed E-state index contributed by atoms with van der Waals surface area (Å²) in [7, 11) is 0. The third-order valence-corrected chi connectivity index (χ3v) is 2.51. The molecular weight excluding hydrogens is 202 g/mol. The number of anilines is 1. The van der Waals surface area contributed by atoms with Gasteiger partial charge in [-0.1, -0.05) is 0 Å². The van der Waals surface area contributed by atoms with Crippen molar-refractivity contribution in [3.63, 3.8) is 0 Å². The smallest absolute Gasteiger partial charge is 0.345 e. The minimum atomic E-state index is -2.40. The summed E-state index contributed by atoms with van der Waals surface area (Å²) >= 11 is -1.53. The molecule has 1 rings (SSSR count). The maximum absolute atomic E-state index is 10.3. The number of aromatic carboxylic acids is 1. The van der Waals surface area contributed by atoms with E-state index in [0.717, 1.165) is 11.3 Å². The topological polar surface area (TPSA) is 89.5 Å². The van der Waals surface area contributed by atoms with Crippen LogP contribution in [-0.2, 0) is 11.3 Å². The lowest BCUT2D eigenvalue weighted by atomic mass is 10.5. The number of carboxylic acids is 1. The second-order valence-corrected chi connectivity index (χ2v) is 3.56. The van der Waals surface area contributed by atoms with Crippen molar-refractivity contribution >= 4 is 33.6 Å². The van der Waals surface area contributed by atoms with Gasteiger partial charge in [0.2, 0.25) is 0 Å². The van der Waals surface area contributed by atoms with E-state index in [2.05, 4.69) is 4.72 Å². The molecule has 1 heterocycles. The van der Waals surface area contributed by atoms with Crippen molar-refractivity contribution in [3.05, 3.63) is 17.0 Å². The second-order valence-electron chi connectivity index (χ2n) is 1.81. The highest BCUT2D eigenvalue weighted by Crippen LogP contribution is 2.21. The van der Waals surface area contributed by atoms with E-state index in [-0.39, 0.29) is 4.88 Å². The Morgan fingerprint density at radius 3 is 2.75 bits per heavy atom. The minimum Gasteiger partial charge on any atom is -0.755 e. The first-order chi connectivity index (χ1) is 5.59. The molecule has 0 saturated heterocycles. The van der Waals surface area contributed by atoms with Crippen molar-refractivity contribution in [1.82, 2.24) is 0 Å². The fourth-order valence-electron chi connectivity index (χ4n) is 0.590. The van der Waals surface area contributed by atoms with Crippen LogP contribution in [0.1, 0.15) is 9.67 Å². The molecule has 0 spiro atoms. The number of thiophene rings is 1. The zero-order valence-electron chi connectivity index (χ0n) is 5.64. The molecule has 0 fully saturated rings. The zero-order valence-corrected chi connectivity index (χ0v) is 7.28. The monoisotopic (exact) mass is 206 g/mol. The van der Waals surface area contributed by atoms with E-state index in [1.165, 1.54) is 12.1 Å². The molecule has 5 nitrogen and oxygen atoms in total. The molecule has 0 saturated carbocycles. The summed E-state index contributed by atoms with van der Waals surface area (Å²) < 4.78 is 22.2. The van der Waals surface area contributed by atoms with Crippen molar-refractivity contribution in [1.29, 1.82) is 0 Å². The zero-order chi connectivity index (χ0) is 9.14. The normalized spacial score (nSPS) is 12.4. The van der Waals surface area contributed by atoms with Crippen LogP contribution in [0.2, 0.25) is 0 Å². The van der Waals surface area contributed by atoms with E-state index in [1.54, 1.807) is 0 Å². The van der Waals surface area contributed by atoms with E-state index in [1.807, 2.05) is 0 Å².